The van der Waals surface area contributed by atoms with Crippen LogP contribution < -0.4 is 5.32 Å². The Balaban J connectivity index is 1.61. The van der Waals surface area contributed by atoms with Crippen LogP contribution in [0.3, 0.4) is 0 Å². The summed E-state index contributed by atoms with van der Waals surface area (Å²) in [5, 5.41) is 42.8. The lowest BCUT2D eigenvalue weighted by Gasteiger charge is -2.16. The zero-order valence-corrected chi connectivity index (χ0v) is 15.2. The van der Waals surface area contributed by atoms with Crippen LogP contribution in [0, 0.1) is 0 Å². The number of phenolic OH excluding ortho intramolecular Hbond substituents is 1. The van der Waals surface area contributed by atoms with Crippen LogP contribution in [-0.2, 0) is 11.3 Å². The highest BCUT2D eigenvalue weighted by atomic mass is 35.5. The molecule has 0 bridgehead atoms. The van der Waals surface area contributed by atoms with E-state index in [1.165, 1.54) is 17.2 Å². The van der Waals surface area contributed by atoms with Gasteiger partial charge < -0.3 is 30.5 Å². The molecule has 0 spiro atoms. The first-order chi connectivity index (χ1) is 13.5. The molecule has 2 aromatic heterocycles. The Bertz CT molecular complexity index is 999. The van der Waals surface area contributed by atoms with Gasteiger partial charge in [0.25, 0.3) is 0 Å². The van der Waals surface area contributed by atoms with Gasteiger partial charge in [-0.25, -0.2) is 15.0 Å². The fourth-order valence-corrected chi connectivity index (χ4v) is 3.35. The van der Waals surface area contributed by atoms with Crippen molar-refractivity contribution in [3.05, 3.63) is 41.4 Å². The van der Waals surface area contributed by atoms with E-state index < -0.39 is 31.1 Å². The molecule has 148 valence electrons. The van der Waals surface area contributed by atoms with E-state index in [1.807, 2.05) is 0 Å². The minimum Gasteiger partial charge on any atom is -0.506 e. The summed E-state index contributed by atoms with van der Waals surface area (Å²) >= 11 is 5.92. The number of hydrogen-bond acceptors (Lipinski definition) is 9. The molecule has 3 aromatic rings. The van der Waals surface area contributed by atoms with Crippen LogP contribution in [0.25, 0.3) is 11.2 Å². The monoisotopic (exact) mass is 407 g/mol. The van der Waals surface area contributed by atoms with Crippen molar-refractivity contribution in [2.45, 2.75) is 31.1 Å². The van der Waals surface area contributed by atoms with Crippen LogP contribution in [-0.4, -0.2) is 64.9 Å². The van der Waals surface area contributed by atoms with E-state index in [-0.39, 0.29) is 17.3 Å². The van der Waals surface area contributed by atoms with Gasteiger partial charge in [-0.15, -0.1) is 0 Å². The maximum atomic E-state index is 10.2. The fourth-order valence-electron chi connectivity index (χ4n) is 3.16. The number of benzene rings is 1. The number of aromatic nitrogens is 4. The summed E-state index contributed by atoms with van der Waals surface area (Å²) in [6.45, 7) is -0.175. The van der Waals surface area contributed by atoms with Crippen LogP contribution >= 0.6 is 11.6 Å². The summed E-state index contributed by atoms with van der Waals surface area (Å²) in [7, 11) is 0. The maximum Gasteiger partial charge on any atom is 0.167 e. The van der Waals surface area contributed by atoms with Gasteiger partial charge in [0.1, 0.15) is 30.4 Å². The molecule has 10 nitrogen and oxygen atoms in total. The number of aromatic hydroxyl groups is 1. The number of rotatable bonds is 5. The molecular weight excluding hydrogens is 390 g/mol. The Morgan fingerprint density at radius 3 is 2.75 bits per heavy atom. The van der Waals surface area contributed by atoms with E-state index in [0.717, 1.165) is 0 Å². The number of halogens is 1. The molecule has 0 aliphatic carbocycles. The lowest BCUT2D eigenvalue weighted by molar-refractivity contribution is -0.0511. The van der Waals surface area contributed by atoms with Crippen LogP contribution in [0.4, 0.5) is 5.82 Å². The van der Waals surface area contributed by atoms with Crippen LogP contribution in [0.5, 0.6) is 5.75 Å². The van der Waals surface area contributed by atoms with E-state index >= 15 is 0 Å². The second-order valence-electron chi connectivity index (χ2n) is 6.38. The van der Waals surface area contributed by atoms with E-state index in [2.05, 4.69) is 20.3 Å². The van der Waals surface area contributed by atoms with Crippen molar-refractivity contribution in [1.82, 2.24) is 19.5 Å². The molecule has 4 rings (SSSR count). The number of aliphatic hydroxyl groups is 3. The van der Waals surface area contributed by atoms with Gasteiger partial charge in [-0.05, 0) is 6.07 Å². The van der Waals surface area contributed by atoms with Gasteiger partial charge in [0.2, 0.25) is 0 Å². The fraction of sp³-hybridized carbons (Fsp3) is 0.353. The van der Waals surface area contributed by atoms with E-state index in [4.69, 9.17) is 16.3 Å². The quantitative estimate of drug-likeness (QED) is 0.405. The summed E-state index contributed by atoms with van der Waals surface area (Å²) in [4.78, 5) is 12.6. The Morgan fingerprint density at radius 2 is 2.00 bits per heavy atom. The number of hydrogen-bond donors (Lipinski definition) is 5. The van der Waals surface area contributed by atoms with Gasteiger partial charge in [-0.3, -0.25) is 4.57 Å². The summed E-state index contributed by atoms with van der Waals surface area (Å²) < 4.78 is 7.00. The Kier molecular flexibility index (Phi) is 5.04. The van der Waals surface area contributed by atoms with Crippen molar-refractivity contribution in [2.75, 3.05) is 11.9 Å². The van der Waals surface area contributed by atoms with Crippen LogP contribution in [0.1, 0.15) is 11.8 Å². The summed E-state index contributed by atoms with van der Waals surface area (Å²) in [6.07, 6.45) is -1.58. The highest BCUT2D eigenvalue weighted by molar-refractivity contribution is 6.32. The molecule has 28 heavy (non-hydrogen) atoms. The molecule has 4 atom stereocenters. The first kappa shape index (κ1) is 18.8. The number of anilines is 1. The van der Waals surface area contributed by atoms with Crippen molar-refractivity contribution in [2.24, 2.45) is 0 Å². The summed E-state index contributed by atoms with van der Waals surface area (Å²) in [5.74, 6) is 0.397. The number of aliphatic hydroxyl groups excluding tert-OH is 3. The molecule has 1 aliphatic heterocycles. The minimum absolute atomic E-state index is 0.0148. The highest BCUT2D eigenvalue weighted by Crippen LogP contribution is 2.32. The topological polar surface area (TPSA) is 146 Å². The minimum atomic E-state index is -1.25. The standard InChI is InChI=1S/C17H18ClN5O5/c18-9-3-1-2-8(12(9)25)4-19-15-11-16(21-6-20-15)23(7-22-11)17-14(27)13(26)10(5-24)28-17/h1-3,6-7,10,13-14,17,24-27H,4-5H2,(H,19,20,21)/t10-,13-,14+,17-/m1/s1. The number of imidazole rings is 1. The third-order valence-electron chi connectivity index (χ3n) is 4.67. The number of para-hydroxylation sites is 1. The lowest BCUT2D eigenvalue weighted by Crippen LogP contribution is -2.33. The average Bonchev–Trinajstić information content (AvgIpc) is 3.25. The maximum absolute atomic E-state index is 10.2. The zero-order chi connectivity index (χ0) is 19.8. The molecule has 0 radical (unpaired) electrons. The third-order valence-corrected chi connectivity index (χ3v) is 4.97. The molecule has 5 N–H and O–H groups in total. The Morgan fingerprint density at radius 1 is 1.18 bits per heavy atom. The number of fused-ring (bicyclic) bond motifs is 1. The van der Waals surface area contributed by atoms with Crippen molar-refractivity contribution in [1.29, 1.82) is 0 Å². The number of nitrogens with one attached hydrogen (secondary N) is 1. The largest absolute Gasteiger partial charge is 0.506 e. The SMILES string of the molecule is OC[C@H]1O[C@@H](n2cnc3c(NCc4cccc(Cl)c4O)ncnc32)[C@@H](O)[C@@H]1O. The molecule has 11 heteroatoms. The summed E-state index contributed by atoms with van der Waals surface area (Å²) in [5.41, 5.74) is 1.38. The Hall–Kier alpha value is -2.50. The molecule has 1 fully saturated rings. The third kappa shape index (κ3) is 3.15. The first-order valence-corrected chi connectivity index (χ1v) is 8.89. The van der Waals surface area contributed by atoms with Crippen molar-refractivity contribution >= 4 is 28.6 Å². The Labute approximate surface area is 164 Å². The van der Waals surface area contributed by atoms with Gasteiger partial charge in [-0.2, -0.15) is 0 Å². The smallest absolute Gasteiger partial charge is 0.167 e. The second-order valence-corrected chi connectivity index (χ2v) is 6.78. The van der Waals surface area contributed by atoms with Crippen LogP contribution in [0.2, 0.25) is 5.02 Å². The van der Waals surface area contributed by atoms with Crippen molar-refractivity contribution in [3.8, 4) is 5.75 Å². The predicted molar refractivity (Wildman–Crippen MR) is 98.8 cm³/mol. The molecule has 0 unspecified atom stereocenters. The predicted octanol–water partition coefficient (Wildman–Crippen LogP) is 0.409. The van der Waals surface area contributed by atoms with Gasteiger partial charge >= 0.3 is 0 Å². The average molecular weight is 408 g/mol. The molecule has 0 saturated carbocycles. The first-order valence-electron chi connectivity index (χ1n) is 8.51. The van der Waals surface area contributed by atoms with Gasteiger partial charge in [0.05, 0.1) is 18.0 Å². The number of ether oxygens (including phenoxy) is 1. The molecule has 3 heterocycles. The molecule has 1 saturated heterocycles. The number of phenols is 1. The van der Waals surface area contributed by atoms with Gasteiger partial charge in [-0.1, -0.05) is 23.7 Å². The van der Waals surface area contributed by atoms with E-state index in [0.29, 0.717) is 22.5 Å². The van der Waals surface area contributed by atoms with Crippen molar-refractivity contribution < 1.29 is 25.2 Å². The molecule has 0 amide bonds. The lowest BCUT2D eigenvalue weighted by atomic mass is 10.1. The molecule has 1 aliphatic rings. The molecule has 1 aromatic carbocycles. The van der Waals surface area contributed by atoms with Crippen molar-refractivity contribution in [3.63, 3.8) is 0 Å². The second kappa shape index (κ2) is 7.49. The normalized spacial score (nSPS) is 24.7. The molecular formula is C17H18ClN5O5. The number of nitrogens with zero attached hydrogens (tertiary/aromatic N) is 4. The van der Waals surface area contributed by atoms with Crippen LogP contribution in [0.15, 0.2) is 30.9 Å². The van der Waals surface area contributed by atoms with E-state index in [9.17, 15) is 20.4 Å². The van der Waals surface area contributed by atoms with Gasteiger partial charge in [0, 0.05) is 12.1 Å². The zero-order valence-electron chi connectivity index (χ0n) is 14.5. The summed E-state index contributed by atoms with van der Waals surface area (Å²) in [6, 6.07) is 5.04. The van der Waals surface area contributed by atoms with Gasteiger partial charge in [0.15, 0.2) is 23.2 Å². The highest BCUT2D eigenvalue weighted by Gasteiger charge is 2.44. The van der Waals surface area contributed by atoms with E-state index in [1.54, 1.807) is 18.2 Å².